The zero-order valence-electron chi connectivity index (χ0n) is 13.1. The van der Waals surface area contributed by atoms with Gasteiger partial charge in [0, 0.05) is 11.1 Å². The van der Waals surface area contributed by atoms with Crippen LogP contribution in [0.5, 0.6) is 5.88 Å². The number of carboxylic acids is 1. The first-order valence-electron chi connectivity index (χ1n) is 7.36. The first kappa shape index (κ1) is 16.8. The van der Waals surface area contributed by atoms with Crippen LogP contribution in [0.1, 0.15) is 10.4 Å². The summed E-state index contributed by atoms with van der Waals surface area (Å²) in [6, 6.07) is 12.3. The van der Waals surface area contributed by atoms with Crippen LogP contribution in [0.4, 0.5) is 11.4 Å². The van der Waals surface area contributed by atoms with Gasteiger partial charge in [-0.2, -0.15) is 0 Å². The summed E-state index contributed by atoms with van der Waals surface area (Å²) in [6.45, 7) is 0. The van der Waals surface area contributed by atoms with Gasteiger partial charge in [-0.15, -0.1) is 10.2 Å². The van der Waals surface area contributed by atoms with Gasteiger partial charge in [-0.1, -0.05) is 24.3 Å². The average molecular weight is 352 g/mol. The number of nitrogens with one attached hydrogen (secondary N) is 2. The molecule has 2 aromatic carbocycles. The van der Waals surface area contributed by atoms with Crippen LogP contribution in [0, 0.1) is 0 Å². The number of fused-ring (bicyclic) bond motifs is 1. The number of carboxylic acid groups (broad SMARTS) is 1. The Morgan fingerprint density at radius 2 is 1.81 bits per heavy atom. The Bertz CT molecular complexity index is 1050. The number of anilines is 1. The highest BCUT2D eigenvalue weighted by atomic mass is 16.4. The van der Waals surface area contributed by atoms with E-state index in [0.717, 1.165) is 0 Å². The Morgan fingerprint density at radius 1 is 1.04 bits per heavy atom. The van der Waals surface area contributed by atoms with Crippen LogP contribution in [0.2, 0.25) is 0 Å². The van der Waals surface area contributed by atoms with E-state index in [2.05, 4.69) is 20.5 Å². The molecule has 3 rings (SSSR count). The highest BCUT2D eigenvalue weighted by Gasteiger charge is 2.16. The van der Waals surface area contributed by atoms with E-state index < -0.39 is 17.8 Å². The third-order valence-corrected chi connectivity index (χ3v) is 3.46. The Morgan fingerprint density at radius 3 is 2.58 bits per heavy atom. The van der Waals surface area contributed by atoms with Gasteiger partial charge in [0.05, 0.1) is 11.1 Å². The number of aromatic nitrogens is 1. The lowest BCUT2D eigenvalue weighted by Crippen LogP contribution is -2.20. The van der Waals surface area contributed by atoms with Gasteiger partial charge in [-0.25, -0.2) is 4.79 Å². The average Bonchev–Trinajstić information content (AvgIpc) is 2.95. The molecule has 0 fully saturated rings. The van der Waals surface area contributed by atoms with Gasteiger partial charge in [-0.3, -0.25) is 9.59 Å². The molecule has 0 aliphatic carbocycles. The van der Waals surface area contributed by atoms with E-state index in [1.807, 2.05) is 0 Å². The molecule has 130 valence electrons. The zero-order valence-corrected chi connectivity index (χ0v) is 13.1. The maximum Gasteiger partial charge on any atom is 0.353 e. The number of aromatic amines is 1. The second-order valence-corrected chi connectivity index (χ2v) is 5.21. The molecular formula is C17H12N4O5. The summed E-state index contributed by atoms with van der Waals surface area (Å²) in [5.74, 6) is -3.73. The molecule has 0 atom stereocenters. The second-order valence-electron chi connectivity index (χ2n) is 5.21. The number of amides is 2. The summed E-state index contributed by atoms with van der Waals surface area (Å²) < 4.78 is 0. The van der Waals surface area contributed by atoms with E-state index in [0.29, 0.717) is 10.9 Å². The van der Waals surface area contributed by atoms with Crippen molar-refractivity contribution < 1.29 is 24.6 Å². The Kier molecular flexibility index (Phi) is 4.44. The van der Waals surface area contributed by atoms with Crippen LogP contribution in [0.15, 0.2) is 58.8 Å². The van der Waals surface area contributed by atoms with Crippen LogP contribution in [-0.2, 0) is 9.59 Å². The molecule has 4 N–H and O–H groups in total. The number of carbonyl (C=O) groups is 3. The highest BCUT2D eigenvalue weighted by molar-refractivity contribution is 6.40. The molecule has 1 aromatic heterocycles. The molecule has 0 saturated carbocycles. The first-order chi connectivity index (χ1) is 12.5. The lowest BCUT2D eigenvalue weighted by Gasteiger charge is -2.03. The number of rotatable bonds is 3. The van der Waals surface area contributed by atoms with E-state index in [9.17, 15) is 19.5 Å². The van der Waals surface area contributed by atoms with E-state index in [4.69, 9.17) is 5.11 Å². The van der Waals surface area contributed by atoms with Crippen molar-refractivity contribution in [1.82, 2.24) is 4.98 Å². The molecule has 3 aromatic rings. The molecule has 0 bridgehead atoms. The number of aromatic carboxylic acids is 1. The summed E-state index contributed by atoms with van der Waals surface area (Å²) in [5.41, 5.74) is 0.727. The fraction of sp³-hybridized carbons (Fsp3) is 0. The number of H-pyrrole nitrogens is 1. The van der Waals surface area contributed by atoms with Gasteiger partial charge in [0.2, 0.25) is 5.88 Å². The normalized spacial score (nSPS) is 10.9. The lowest BCUT2D eigenvalue weighted by atomic mass is 10.2. The van der Waals surface area contributed by atoms with Crippen molar-refractivity contribution in [2.75, 3.05) is 5.32 Å². The van der Waals surface area contributed by atoms with Crippen LogP contribution in [-0.4, -0.2) is 33.0 Å². The number of benzene rings is 2. The summed E-state index contributed by atoms with van der Waals surface area (Å²) in [4.78, 5) is 37.3. The Balaban J connectivity index is 1.76. The van der Waals surface area contributed by atoms with Crippen molar-refractivity contribution in [1.29, 1.82) is 0 Å². The Labute approximate surface area is 146 Å². The summed E-state index contributed by atoms with van der Waals surface area (Å²) in [7, 11) is 0. The molecule has 2 amide bonds. The van der Waals surface area contributed by atoms with Crippen LogP contribution < -0.4 is 5.32 Å². The number of azo groups is 1. The van der Waals surface area contributed by atoms with E-state index in [-0.39, 0.29) is 22.8 Å². The molecule has 0 spiro atoms. The number of nitrogens with zero attached hydrogens (tertiary/aromatic N) is 2. The van der Waals surface area contributed by atoms with Gasteiger partial charge >= 0.3 is 17.8 Å². The summed E-state index contributed by atoms with van der Waals surface area (Å²) in [6.07, 6.45) is 0. The predicted octanol–water partition coefficient (Wildman–Crippen LogP) is 2.82. The van der Waals surface area contributed by atoms with Crippen molar-refractivity contribution >= 4 is 40.1 Å². The monoisotopic (exact) mass is 352 g/mol. The van der Waals surface area contributed by atoms with Gasteiger partial charge < -0.3 is 20.5 Å². The maximum absolute atomic E-state index is 11.9. The topological polar surface area (TPSA) is 144 Å². The number of aromatic hydroxyl groups is 1. The van der Waals surface area contributed by atoms with Crippen LogP contribution >= 0.6 is 0 Å². The minimum Gasteiger partial charge on any atom is -0.493 e. The molecule has 0 radical (unpaired) electrons. The van der Waals surface area contributed by atoms with Crippen LogP contribution in [0.3, 0.4) is 0 Å². The fourth-order valence-corrected chi connectivity index (χ4v) is 2.27. The SMILES string of the molecule is O=C(N=Nc1c(O)[nH]c2ccccc12)C(=O)Nc1cccc(C(=O)O)c1. The van der Waals surface area contributed by atoms with Gasteiger partial charge in [0.15, 0.2) is 5.69 Å². The largest absolute Gasteiger partial charge is 0.493 e. The number of para-hydroxylation sites is 1. The number of hydrogen-bond donors (Lipinski definition) is 4. The molecular weight excluding hydrogens is 340 g/mol. The van der Waals surface area contributed by atoms with Crippen molar-refractivity contribution in [3.8, 4) is 5.88 Å². The van der Waals surface area contributed by atoms with Crippen molar-refractivity contribution in [3.63, 3.8) is 0 Å². The maximum atomic E-state index is 11.9. The second kappa shape index (κ2) is 6.85. The van der Waals surface area contributed by atoms with Crippen molar-refractivity contribution in [2.45, 2.75) is 0 Å². The molecule has 9 nitrogen and oxygen atoms in total. The number of hydrogen-bond acceptors (Lipinski definition) is 5. The predicted molar refractivity (Wildman–Crippen MR) is 91.5 cm³/mol. The minimum atomic E-state index is -1.20. The third kappa shape index (κ3) is 3.41. The van der Waals surface area contributed by atoms with Crippen LogP contribution in [0.25, 0.3) is 10.9 Å². The lowest BCUT2D eigenvalue weighted by molar-refractivity contribution is -0.134. The van der Waals surface area contributed by atoms with Crippen molar-refractivity contribution in [3.05, 3.63) is 54.1 Å². The van der Waals surface area contributed by atoms with Gasteiger partial charge in [-0.05, 0) is 24.3 Å². The van der Waals surface area contributed by atoms with E-state index >= 15 is 0 Å². The molecule has 1 heterocycles. The van der Waals surface area contributed by atoms with E-state index in [1.54, 1.807) is 24.3 Å². The first-order valence-corrected chi connectivity index (χ1v) is 7.36. The summed E-state index contributed by atoms with van der Waals surface area (Å²) >= 11 is 0. The molecule has 0 saturated heterocycles. The van der Waals surface area contributed by atoms with E-state index in [1.165, 1.54) is 24.3 Å². The molecule has 0 aliphatic heterocycles. The third-order valence-electron chi connectivity index (χ3n) is 3.46. The smallest absolute Gasteiger partial charge is 0.353 e. The van der Waals surface area contributed by atoms with Gasteiger partial charge in [0.25, 0.3) is 0 Å². The molecule has 9 heteroatoms. The highest BCUT2D eigenvalue weighted by Crippen LogP contribution is 2.35. The minimum absolute atomic E-state index is 0.0367. The van der Waals surface area contributed by atoms with Gasteiger partial charge in [0.1, 0.15) is 0 Å². The molecule has 26 heavy (non-hydrogen) atoms. The molecule has 0 aliphatic rings. The zero-order chi connectivity index (χ0) is 18.7. The number of carbonyl (C=O) groups excluding carboxylic acids is 2. The summed E-state index contributed by atoms with van der Waals surface area (Å²) in [5, 5.41) is 28.5. The standard InChI is InChI=1S/C17H12N4O5/c22-14-13(11-6-1-2-7-12(11)19-14)20-21-16(24)15(23)18-10-5-3-4-9(8-10)17(25)26/h1-8,19,22H,(H,18,23)(H,25,26). The molecule has 0 unspecified atom stereocenters. The van der Waals surface area contributed by atoms with Crippen molar-refractivity contribution in [2.24, 2.45) is 10.2 Å². The Hall–Kier alpha value is -4.01. The fourth-order valence-electron chi connectivity index (χ4n) is 2.27. The quantitative estimate of drug-likeness (QED) is 0.423.